The van der Waals surface area contributed by atoms with Crippen LogP contribution < -0.4 is 10.6 Å². The van der Waals surface area contributed by atoms with Gasteiger partial charge in [0.05, 0.1) is 12.6 Å². The van der Waals surface area contributed by atoms with Crippen LogP contribution in [0.2, 0.25) is 0 Å². The number of carbonyl (C=O) groups excluding carboxylic acids is 1. The Morgan fingerprint density at radius 2 is 1.90 bits per heavy atom. The lowest BCUT2D eigenvalue weighted by Crippen LogP contribution is -2.57. The molecule has 1 saturated heterocycles. The zero-order chi connectivity index (χ0) is 14.6. The molecule has 116 valence electrons. The smallest absolute Gasteiger partial charge is 0.237 e. The molecule has 0 aromatic carbocycles. The first-order valence-electron chi connectivity index (χ1n) is 8.11. The summed E-state index contributed by atoms with van der Waals surface area (Å²) in [7, 11) is 0. The van der Waals surface area contributed by atoms with Crippen LogP contribution in [0.15, 0.2) is 0 Å². The van der Waals surface area contributed by atoms with Gasteiger partial charge in [0.15, 0.2) is 0 Å². The molecule has 0 aromatic heterocycles. The number of piperidine rings is 1. The van der Waals surface area contributed by atoms with E-state index in [1.54, 1.807) is 0 Å². The number of rotatable bonds is 4. The number of hydrogen-bond donors (Lipinski definition) is 3. The summed E-state index contributed by atoms with van der Waals surface area (Å²) in [5.41, 5.74) is -0.0615. The first-order valence-corrected chi connectivity index (χ1v) is 8.11. The molecule has 0 spiro atoms. The Hall–Kier alpha value is -0.610. The summed E-state index contributed by atoms with van der Waals surface area (Å²) in [6.07, 6.45) is 7.89. The number of aliphatic hydroxyl groups is 1. The fourth-order valence-corrected chi connectivity index (χ4v) is 3.73. The molecule has 4 heteroatoms. The minimum Gasteiger partial charge on any atom is -0.396 e. The summed E-state index contributed by atoms with van der Waals surface area (Å²) in [4.78, 5) is 12.5. The highest BCUT2D eigenvalue weighted by molar-refractivity contribution is 5.82. The summed E-state index contributed by atoms with van der Waals surface area (Å²) in [5.74, 6) is 0.105. The molecule has 2 fully saturated rings. The predicted molar refractivity (Wildman–Crippen MR) is 80.4 cm³/mol. The molecule has 20 heavy (non-hydrogen) atoms. The third-order valence-electron chi connectivity index (χ3n) is 5.28. The molecule has 1 saturated carbocycles. The van der Waals surface area contributed by atoms with Gasteiger partial charge in [0, 0.05) is 12.0 Å². The molecular formula is C16H30N2O2. The summed E-state index contributed by atoms with van der Waals surface area (Å²) >= 11 is 0. The average molecular weight is 282 g/mol. The van der Waals surface area contributed by atoms with Crippen LogP contribution in [0.3, 0.4) is 0 Å². The summed E-state index contributed by atoms with van der Waals surface area (Å²) in [6, 6.07) is -0.101. The standard InChI is InChI=1S/C16H30N2O2/c1-15(2)7-6-10-17-13(15)14(20)18-11-16(12-19)8-4-3-5-9-16/h13,17,19H,3-12H2,1-2H3,(H,18,20). The van der Waals surface area contributed by atoms with Crippen LogP contribution in [-0.4, -0.2) is 36.8 Å². The first-order chi connectivity index (χ1) is 9.49. The van der Waals surface area contributed by atoms with E-state index in [0.717, 1.165) is 32.2 Å². The van der Waals surface area contributed by atoms with Crippen molar-refractivity contribution >= 4 is 5.91 Å². The largest absolute Gasteiger partial charge is 0.396 e. The van der Waals surface area contributed by atoms with E-state index >= 15 is 0 Å². The van der Waals surface area contributed by atoms with Crippen molar-refractivity contribution in [2.45, 2.75) is 64.8 Å². The van der Waals surface area contributed by atoms with Crippen LogP contribution in [0.5, 0.6) is 0 Å². The lowest BCUT2D eigenvalue weighted by atomic mass is 9.74. The van der Waals surface area contributed by atoms with Gasteiger partial charge < -0.3 is 15.7 Å². The maximum atomic E-state index is 12.5. The molecular weight excluding hydrogens is 252 g/mol. The van der Waals surface area contributed by atoms with Crippen LogP contribution >= 0.6 is 0 Å². The summed E-state index contributed by atoms with van der Waals surface area (Å²) in [5, 5.41) is 16.2. The fraction of sp³-hybridized carbons (Fsp3) is 0.938. The second kappa shape index (κ2) is 6.44. The molecule has 2 rings (SSSR count). The van der Waals surface area contributed by atoms with E-state index in [1.807, 2.05) is 0 Å². The molecule has 1 aliphatic heterocycles. The number of amides is 1. The molecule has 1 atom stereocenters. The highest BCUT2D eigenvalue weighted by atomic mass is 16.3. The lowest BCUT2D eigenvalue weighted by molar-refractivity contribution is -0.127. The Bertz CT molecular complexity index is 335. The van der Waals surface area contributed by atoms with Gasteiger partial charge in [-0.2, -0.15) is 0 Å². The number of carbonyl (C=O) groups is 1. The highest BCUT2D eigenvalue weighted by Gasteiger charge is 2.38. The van der Waals surface area contributed by atoms with E-state index in [9.17, 15) is 9.90 Å². The maximum absolute atomic E-state index is 12.5. The van der Waals surface area contributed by atoms with E-state index in [2.05, 4.69) is 24.5 Å². The molecule has 3 N–H and O–H groups in total. The average Bonchev–Trinajstić information content (AvgIpc) is 2.45. The van der Waals surface area contributed by atoms with Gasteiger partial charge in [-0.05, 0) is 37.6 Å². The van der Waals surface area contributed by atoms with Crippen molar-refractivity contribution < 1.29 is 9.90 Å². The van der Waals surface area contributed by atoms with Crippen molar-refractivity contribution in [2.75, 3.05) is 19.7 Å². The molecule has 1 heterocycles. The second-order valence-corrected chi connectivity index (χ2v) is 7.42. The van der Waals surface area contributed by atoms with Crippen molar-refractivity contribution in [2.24, 2.45) is 10.8 Å². The Morgan fingerprint density at radius 3 is 2.50 bits per heavy atom. The third-order valence-corrected chi connectivity index (χ3v) is 5.28. The van der Waals surface area contributed by atoms with E-state index in [0.29, 0.717) is 6.54 Å². The molecule has 0 bridgehead atoms. The molecule has 1 amide bonds. The zero-order valence-corrected chi connectivity index (χ0v) is 13.0. The molecule has 4 nitrogen and oxygen atoms in total. The summed E-state index contributed by atoms with van der Waals surface area (Å²) in [6.45, 7) is 6.05. The first kappa shape index (κ1) is 15.8. The Balaban J connectivity index is 1.90. The minimum atomic E-state index is -0.101. The predicted octanol–water partition coefficient (Wildman–Crippen LogP) is 1.82. The van der Waals surface area contributed by atoms with Crippen LogP contribution in [0.1, 0.15) is 58.8 Å². The molecule has 1 unspecified atom stereocenters. The van der Waals surface area contributed by atoms with Crippen LogP contribution in [0.25, 0.3) is 0 Å². The minimum absolute atomic E-state index is 0.0152. The molecule has 2 aliphatic rings. The van der Waals surface area contributed by atoms with Crippen molar-refractivity contribution in [3.8, 4) is 0 Å². The topological polar surface area (TPSA) is 61.4 Å². The van der Waals surface area contributed by atoms with Crippen LogP contribution in [-0.2, 0) is 4.79 Å². The van der Waals surface area contributed by atoms with E-state index in [-0.39, 0.29) is 29.4 Å². The van der Waals surface area contributed by atoms with Crippen LogP contribution in [0, 0.1) is 10.8 Å². The molecule has 1 aliphatic carbocycles. The Labute approximate surface area is 122 Å². The lowest BCUT2D eigenvalue weighted by Gasteiger charge is -2.40. The van der Waals surface area contributed by atoms with Gasteiger partial charge in [-0.15, -0.1) is 0 Å². The highest BCUT2D eigenvalue weighted by Crippen LogP contribution is 2.35. The van der Waals surface area contributed by atoms with E-state index < -0.39 is 0 Å². The van der Waals surface area contributed by atoms with Crippen molar-refractivity contribution in [3.05, 3.63) is 0 Å². The Morgan fingerprint density at radius 1 is 1.20 bits per heavy atom. The number of nitrogens with one attached hydrogen (secondary N) is 2. The quantitative estimate of drug-likeness (QED) is 0.737. The van der Waals surface area contributed by atoms with Gasteiger partial charge in [0.25, 0.3) is 0 Å². The molecule has 0 radical (unpaired) electrons. The number of hydrogen-bond acceptors (Lipinski definition) is 3. The van der Waals surface area contributed by atoms with Crippen molar-refractivity contribution in [3.63, 3.8) is 0 Å². The SMILES string of the molecule is CC1(C)CCCNC1C(=O)NCC1(CO)CCCCC1. The maximum Gasteiger partial charge on any atom is 0.237 e. The normalized spacial score (nSPS) is 28.9. The fourth-order valence-electron chi connectivity index (χ4n) is 3.73. The van der Waals surface area contributed by atoms with E-state index in [1.165, 1.54) is 19.3 Å². The van der Waals surface area contributed by atoms with Gasteiger partial charge in [0.1, 0.15) is 0 Å². The Kier molecular flexibility index (Phi) is 5.08. The van der Waals surface area contributed by atoms with Gasteiger partial charge in [-0.1, -0.05) is 33.1 Å². The monoisotopic (exact) mass is 282 g/mol. The van der Waals surface area contributed by atoms with Gasteiger partial charge in [0.2, 0.25) is 5.91 Å². The third kappa shape index (κ3) is 3.53. The number of aliphatic hydroxyl groups excluding tert-OH is 1. The second-order valence-electron chi connectivity index (χ2n) is 7.42. The van der Waals surface area contributed by atoms with E-state index in [4.69, 9.17) is 0 Å². The van der Waals surface area contributed by atoms with Crippen LogP contribution in [0.4, 0.5) is 0 Å². The zero-order valence-electron chi connectivity index (χ0n) is 13.0. The molecule has 0 aromatic rings. The van der Waals surface area contributed by atoms with Gasteiger partial charge >= 0.3 is 0 Å². The van der Waals surface area contributed by atoms with Gasteiger partial charge in [-0.3, -0.25) is 4.79 Å². The summed E-state index contributed by atoms with van der Waals surface area (Å²) < 4.78 is 0. The van der Waals surface area contributed by atoms with Gasteiger partial charge in [-0.25, -0.2) is 0 Å². The van der Waals surface area contributed by atoms with Crippen molar-refractivity contribution in [1.29, 1.82) is 0 Å². The van der Waals surface area contributed by atoms with Crippen molar-refractivity contribution in [1.82, 2.24) is 10.6 Å².